The fourth-order valence-corrected chi connectivity index (χ4v) is 6.52. The van der Waals surface area contributed by atoms with E-state index in [1.807, 2.05) is 34.6 Å². The van der Waals surface area contributed by atoms with Crippen molar-refractivity contribution in [3.05, 3.63) is 82.9 Å². The molecular weight excluding hydrogens is 602 g/mol. The molecule has 2 rings (SSSR count). The van der Waals surface area contributed by atoms with Gasteiger partial charge >= 0.3 is 0 Å². The number of nitrogens with zero attached hydrogens (tertiary/aromatic N) is 2. The first-order valence-electron chi connectivity index (χ1n) is 15.4. The van der Waals surface area contributed by atoms with Gasteiger partial charge < -0.3 is 16.4 Å². The van der Waals surface area contributed by atoms with Crippen molar-refractivity contribution in [2.75, 3.05) is 14.1 Å². The molecule has 0 heterocycles. The summed E-state index contributed by atoms with van der Waals surface area (Å²) < 4.78 is 27.6. The van der Waals surface area contributed by atoms with Gasteiger partial charge in [0.2, 0.25) is 21.8 Å². The fourth-order valence-electron chi connectivity index (χ4n) is 5.34. The van der Waals surface area contributed by atoms with E-state index in [0.717, 1.165) is 9.87 Å². The number of carbonyl (C=O) groups is 3. The minimum atomic E-state index is -4.08. The summed E-state index contributed by atoms with van der Waals surface area (Å²) in [7, 11) is -1.20. The Morgan fingerprint density at radius 1 is 1.02 bits per heavy atom. The standard InChI is InChI=1S/C35H49N5O5S/c1-24(14-15-25(2)31(37)41)20-21-34(3,4)30(33(43)40(8)46(44,45)23-27-12-10-9-11-13-27)39-32(42)29(38-7)35(5,6)28-18-16-26(22-36)17-19-28/h9-13,15-19,24,29-30,38H,14,20-21,23H2,1-8H3,(H2,37,41)(H,39,42)/b25-15+/t24-,29-,30-/m1/s1. The summed E-state index contributed by atoms with van der Waals surface area (Å²) >= 11 is 0. The molecule has 0 aliphatic carbocycles. The lowest BCUT2D eigenvalue weighted by molar-refractivity contribution is -0.136. The predicted octanol–water partition coefficient (Wildman–Crippen LogP) is 4.16. The van der Waals surface area contributed by atoms with Crippen molar-refractivity contribution >= 4 is 27.7 Å². The number of likely N-dealkylation sites (N-methyl/N-ethyl adjacent to an activating group) is 2. The molecule has 0 unspecified atom stereocenters. The quantitative estimate of drug-likeness (QED) is 0.230. The number of hydrogen-bond acceptors (Lipinski definition) is 7. The third kappa shape index (κ3) is 9.99. The van der Waals surface area contributed by atoms with Gasteiger partial charge in [-0.25, -0.2) is 12.7 Å². The normalized spacial score (nSPS) is 14.5. The van der Waals surface area contributed by atoms with Gasteiger partial charge in [0, 0.05) is 18.0 Å². The second kappa shape index (κ2) is 16.0. The Kier molecular flexibility index (Phi) is 13.3. The van der Waals surface area contributed by atoms with Gasteiger partial charge in [-0.15, -0.1) is 0 Å². The average molecular weight is 652 g/mol. The lowest BCUT2D eigenvalue weighted by atomic mass is 9.75. The van der Waals surface area contributed by atoms with Crippen molar-refractivity contribution in [2.45, 2.75) is 84.1 Å². The molecule has 0 aliphatic heterocycles. The van der Waals surface area contributed by atoms with Crippen LogP contribution in [0.5, 0.6) is 0 Å². The van der Waals surface area contributed by atoms with Gasteiger partial charge in [0.15, 0.2) is 0 Å². The number of sulfonamides is 1. The van der Waals surface area contributed by atoms with Crippen LogP contribution < -0.4 is 16.4 Å². The van der Waals surface area contributed by atoms with Gasteiger partial charge in [-0.3, -0.25) is 14.4 Å². The van der Waals surface area contributed by atoms with Gasteiger partial charge in [-0.2, -0.15) is 5.26 Å². The third-order valence-corrected chi connectivity index (χ3v) is 10.5. The summed E-state index contributed by atoms with van der Waals surface area (Å²) in [4.78, 5) is 39.6. The number of rotatable bonds is 16. The van der Waals surface area contributed by atoms with E-state index in [2.05, 4.69) is 16.7 Å². The van der Waals surface area contributed by atoms with Crippen molar-refractivity contribution in [3.8, 4) is 6.07 Å². The highest BCUT2D eigenvalue weighted by Crippen LogP contribution is 2.33. The van der Waals surface area contributed by atoms with Crippen molar-refractivity contribution < 1.29 is 22.8 Å². The largest absolute Gasteiger partial charge is 0.366 e. The topological polar surface area (TPSA) is 162 Å². The second-order valence-electron chi connectivity index (χ2n) is 13.2. The van der Waals surface area contributed by atoms with Crippen LogP contribution in [0.4, 0.5) is 0 Å². The summed E-state index contributed by atoms with van der Waals surface area (Å²) in [5.41, 5.74) is 6.03. The number of allylic oxidation sites excluding steroid dienone is 1. The molecule has 2 aromatic rings. The highest BCUT2D eigenvalue weighted by molar-refractivity contribution is 7.88. The zero-order valence-electron chi connectivity index (χ0n) is 28.3. The lowest BCUT2D eigenvalue weighted by Crippen LogP contribution is -2.61. The number of benzene rings is 2. The molecule has 0 saturated carbocycles. The van der Waals surface area contributed by atoms with Gasteiger partial charge in [-0.05, 0) is 67.8 Å². The highest BCUT2D eigenvalue weighted by Gasteiger charge is 2.44. The molecule has 0 aromatic heterocycles. The molecular formula is C35H49N5O5S. The first-order chi connectivity index (χ1) is 21.4. The van der Waals surface area contributed by atoms with Crippen LogP contribution in [0.15, 0.2) is 66.2 Å². The predicted molar refractivity (Wildman–Crippen MR) is 181 cm³/mol. The van der Waals surface area contributed by atoms with Gasteiger partial charge in [0.1, 0.15) is 6.04 Å². The zero-order valence-corrected chi connectivity index (χ0v) is 29.1. The zero-order chi connectivity index (χ0) is 34.9. The molecule has 0 aliphatic rings. The molecule has 11 heteroatoms. The maximum Gasteiger partial charge on any atom is 0.258 e. The Labute approximate surface area is 274 Å². The highest BCUT2D eigenvalue weighted by atomic mass is 32.2. The molecule has 3 atom stereocenters. The van der Waals surface area contributed by atoms with E-state index >= 15 is 0 Å². The molecule has 46 heavy (non-hydrogen) atoms. The molecule has 0 fully saturated rings. The number of amides is 3. The maximum absolute atomic E-state index is 14.1. The average Bonchev–Trinajstić information content (AvgIpc) is 3.01. The number of nitriles is 1. The van der Waals surface area contributed by atoms with Crippen LogP contribution in [0.3, 0.4) is 0 Å². The maximum atomic E-state index is 14.1. The van der Waals surface area contributed by atoms with Crippen molar-refractivity contribution in [3.63, 3.8) is 0 Å². The minimum absolute atomic E-state index is 0.125. The van der Waals surface area contributed by atoms with E-state index < -0.39 is 50.7 Å². The Hall–Kier alpha value is -4.01. The van der Waals surface area contributed by atoms with Gasteiger partial charge in [-0.1, -0.05) is 83.2 Å². The molecule has 250 valence electrons. The van der Waals surface area contributed by atoms with E-state index in [-0.39, 0.29) is 11.7 Å². The first kappa shape index (κ1) is 38.2. The van der Waals surface area contributed by atoms with Gasteiger partial charge in [0.25, 0.3) is 5.91 Å². The molecule has 10 nitrogen and oxygen atoms in total. The van der Waals surface area contributed by atoms with E-state index in [1.165, 1.54) is 7.05 Å². The Morgan fingerprint density at radius 3 is 2.13 bits per heavy atom. The Bertz CT molecular complexity index is 1540. The van der Waals surface area contributed by atoms with Crippen LogP contribution in [0, 0.1) is 22.7 Å². The number of nitrogens with one attached hydrogen (secondary N) is 2. The van der Waals surface area contributed by atoms with E-state index in [4.69, 9.17) is 5.73 Å². The van der Waals surface area contributed by atoms with E-state index in [0.29, 0.717) is 36.0 Å². The number of primary amides is 1. The molecule has 0 saturated heterocycles. The van der Waals surface area contributed by atoms with Crippen LogP contribution in [0.2, 0.25) is 0 Å². The second-order valence-corrected chi connectivity index (χ2v) is 15.2. The summed E-state index contributed by atoms with van der Waals surface area (Å²) in [6, 6.07) is 15.7. The fraction of sp³-hybridized carbons (Fsp3) is 0.486. The molecule has 2 aromatic carbocycles. The lowest BCUT2D eigenvalue weighted by Gasteiger charge is -2.39. The Morgan fingerprint density at radius 2 is 1.61 bits per heavy atom. The number of carbonyl (C=O) groups excluding carboxylic acids is 3. The molecule has 4 N–H and O–H groups in total. The minimum Gasteiger partial charge on any atom is -0.366 e. The summed E-state index contributed by atoms with van der Waals surface area (Å²) in [5.74, 6) is -1.93. The van der Waals surface area contributed by atoms with Crippen LogP contribution in [0.1, 0.15) is 77.5 Å². The van der Waals surface area contributed by atoms with E-state index in [9.17, 15) is 28.1 Å². The van der Waals surface area contributed by atoms with Crippen molar-refractivity contribution in [1.29, 1.82) is 5.26 Å². The SMILES string of the molecule is CN[C@H](C(=O)N[C@H](C(=O)N(C)S(=O)(=O)Cc1ccccc1)C(C)(C)CC[C@H](C)C/C=C(\C)C(N)=O)C(C)(C)c1ccc(C#N)cc1. The summed E-state index contributed by atoms with van der Waals surface area (Å²) in [6.45, 7) is 11.1. The van der Waals surface area contributed by atoms with Gasteiger partial charge in [0.05, 0.1) is 23.4 Å². The molecule has 0 spiro atoms. The van der Waals surface area contributed by atoms with Crippen molar-refractivity contribution in [2.24, 2.45) is 17.1 Å². The van der Waals surface area contributed by atoms with E-state index in [1.54, 1.807) is 74.6 Å². The monoisotopic (exact) mass is 651 g/mol. The molecule has 0 bridgehead atoms. The summed E-state index contributed by atoms with van der Waals surface area (Å²) in [6.07, 6.45) is 3.50. The smallest absolute Gasteiger partial charge is 0.258 e. The molecule has 0 radical (unpaired) electrons. The van der Waals surface area contributed by atoms with Crippen LogP contribution in [-0.4, -0.2) is 56.6 Å². The number of nitrogens with two attached hydrogens (primary N) is 1. The van der Waals surface area contributed by atoms with Crippen LogP contribution >= 0.6 is 0 Å². The number of hydrogen-bond donors (Lipinski definition) is 3. The summed E-state index contributed by atoms with van der Waals surface area (Å²) in [5, 5.41) is 15.2. The Balaban J connectivity index is 2.43. The first-order valence-corrected chi connectivity index (χ1v) is 17.0. The third-order valence-electron chi connectivity index (χ3n) is 8.76. The van der Waals surface area contributed by atoms with Crippen molar-refractivity contribution in [1.82, 2.24) is 14.9 Å². The molecule has 3 amide bonds. The van der Waals surface area contributed by atoms with Crippen LogP contribution in [-0.2, 0) is 35.6 Å². The van der Waals surface area contributed by atoms with Crippen LogP contribution in [0.25, 0.3) is 0 Å².